The molecule has 100 valence electrons. The zero-order valence-corrected chi connectivity index (χ0v) is 10.8. The Kier molecular flexibility index (Phi) is 4.42. The number of rotatable bonds is 5. The smallest absolute Gasteiger partial charge is 0.339 e. The zero-order valence-electron chi connectivity index (χ0n) is 10.8. The first-order chi connectivity index (χ1) is 8.68. The largest absolute Gasteiger partial charge is 0.478 e. The van der Waals surface area contributed by atoms with Crippen molar-refractivity contribution >= 4 is 5.97 Å². The lowest BCUT2D eigenvalue weighted by Crippen LogP contribution is -2.34. The van der Waals surface area contributed by atoms with E-state index < -0.39 is 5.97 Å². The van der Waals surface area contributed by atoms with E-state index in [4.69, 9.17) is 9.52 Å². The van der Waals surface area contributed by atoms with Gasteiger partial charge >= 0.3 is 5.97 Å². The lowest BCUT2D eigenvalue weighted by atomic mass is 9.84. The van der Waals surface area contributed by atoms with Gasteiger partial charge in [0.15, 0.2) is 0 Å². The highest BCUT2D eigenvalue weighted by atomic mass is 16.4. The van der Waals surface area contributed by atoms with Crippen molar-refractivity contribution in [1.29, 1.82) is 0 Å². The maximum absolute atomic E-state index is 10.9. The fourth-order valence-electron chi connectivity index (χ4n) is 2.72. The van der Waals surface area contributed by atoms with Crippen LogP contribution in [0.3, 0.4) is 0 Å². The summed E-state index contributed by atoms with van der Waals surface area (Å²) in [5.74, 6) is 0.304. The molecule has 1 aromatic rings. The van der Waals surface area contributed by atoms with Crippen molar-refractivity contribution in [2.45, 2.75) is 51.6 Å². The average Bonchev–Trinajstić information content (AvgIpc) is 2.85. The van der Waals surface area contributed by atoms with Crippen molar-refractivity contribution in [3.8, 4) is 0 Å². The predicted octanol–water partition coefficient (Wildman–Crippen LogP) is 3.04. The van der Waals surface area contributed by atoms with Crippen molar-refractivity contribution in [2.75, 3.05) is 0 Å². The van der Waals surface area contributed by atoms with E-state index in [-0.39, 0.29) is 5.56 Å². The molecular formula is C14H21NO3. The second kappa shape index (κ2) is 6.05. The molecule has 2 N–H and O–H groups in total. The van der Waals surface area contributed by atoms with Crippen LogP contribution in [0.5, 0.6) is 0 Å². The van der Waals surface area contributed by atoms with Crippen molar-refractivity contribution in [2.24, 2.45) is 5.92 Å². The van der Waals surface area contributed by atoms with E-state index in [0.29, 0.717) is 24.3 Å². The van der Waals surface area contributed by atoms with Gasteiger partial charge in [-0.2, -0.15) is 0 Å². The molecule has 1 aliphatic rings. The highest BCUT2D eigenvalue weighted by Gasteiger charge is 2.21. The summed E-state index contributed by atoms with van der Waals surface area (Å²) in [5, 5.41) is 12.4. The number of hydrogen-bond acceptors (Lipinski definition) is 3. The number of hydrogen-bond donors (Lipinski definition) is 2. The molecule has 4 nitrogen and oxygen atoms in total. The summed E-state index contributed by atoms with van der Waals surface area (Å²) < 4.78 is 5.22. The van der Waals surface area contributed by atoms with E-state index in [0.717, 1.165) is 0 Å². The Labute approximate surface area is 107 Å². The predicted molar refractivity (Wildman–Crippen MR) is 68.5 cm³/mol. The third-order valence-corrected chi connectivity index (χ3v) is 3.92. The Balaban J connectivity index is 1.86. The summed E-state index contributed by atoms with van der Waals surface area (Å²) >= 11 is 0. The van der Waals surface area contributed by atoms with Crippen LogP contribution in [0.2, 0.25) is 0 Å². The Morgan fingerprint density at radius 2 is 2.22 bits per heavy atom. The van der Waals surface area contributed by atoms with Gasteiger partial charge in [-0.05, 0) is 31.7 Å². The van der Waals surface area contributed by atoms with Gasteiger partial charge in [0, 0.05) is 6.04 Å². The lowest BCUT2D eigenvalue weighted by molar-refractivity contribution is 0.0694. The Hall–Kier alpha value is -1.29. The summed E-state index contributed by atoms with van der Waals surface area (Å²) in [6.45, 7) is 2.67. The number of furan rings is 1. The van der Waals surface area contributed by atoms with Crippen LogP contribution in [0.25, 0.3) is 0 Å². The third kappa shape index (κ3) is 3.13. The molecule has 0 radical (unpaired) electrons. The maximum Gasteiger partial charge on any atom is 0.339 e. The molecule has 0 amide bonds. The zero-order chi connectivity index (χ0) is 13.0. The van der Waals surface area contributed by atoms with Gasteiger partial charge in [-0.1, -0.05) is 19.3 Å². The summed E-state index contributed by atoms with van der Waals surface area (Å²) in [4.78, 5) is 10.9. The van der Waals surface area contributed by atoms with Gasteiger partial charge in [0.1, 0.15) is 11.3 Å². The van der Waals surface area contributed by atoms with E-state index in [1.165, 1.54) is 44.4 Å². The Bertz CT molecular complexity index is 393. The molecule has 1 atom stereocenters. The minimum absolute atomic E-state index is 0.262. The number of carboxylic acid groups (broad SMARTS) is 1. The first kappa shape index (κ1) is 13.1. The van der Waals surface area contributed by atoms with Crippen molar-refractivity contribution in [3.05, 3.63) is 23.7 Å². The molecule has 1 heterocycles. The highest BCUT2D eigenvalue weighted by Crippen LogP contribution is 2.26. The summed E-state index contributed by atoms with van der Waals surface area (Å²) in [6.07, 6.45) is 7.97. The van der Waals surface area contributed by atoms with Crippen LogP contribution in [-0.2, 0) is 6.54 Å². The van der Waals surface area contributed by atoms with Crippen molar-refractivity contribution in [1.82, 2.24) is 5.32 Å². The molecule has 0 aromatic carbocycles. The van der Waals surface area contributed by atoms with E-state index in [2.05, 4.69) is 12.2 Å². The van der Waals surface area contributed by atoms with Gasteiger partial charge in [-0.15, -0.1) is 0 Å². The van der Waals surface area contributed by atoms with Crippen molar-refractivity contribution in [3.63, 3.8) is 0 Å². The normalized spacial score (nSPS) is 18.7. The number of carboxylic acids is 1. The molecule has 0 bridgehead atoms. The molecule has 1 aromatic heterocycles. The molecule has 1 fully saturated rings. The minimum atomic E-state index is -0.925. The van der Waals surface area contributed by atoms with Gasteiger partial charge in [-0.3, -0.25) is 0 Å². The van der Waals surface area contributed by atoms with E-state index in [9.17, 15) is 4.79 Å². The van der Waals surface area contributed by atoms with Crippen LogP contribution in [-0.4, -0.2) is 17.1 Å². The second-order valence-electron chi connectivity index (χ2n) is 5.13. The molecule has 4 heteroatoms. The van der Waals surface area contributed by atoms with Gasteiger partial charge in [0.2, 0.25) is 0 Å². The summed E-state index contributed by atoms with van der Waals surface area (Å²) in [6, 6.07) is 1.92. The molecule has 1 aliphatic carbocycles. The van der Waals surface area contributed by atoms with Crippen LogP contribution in [0.1, 0.15) is 55.1 Å². The van der Waals surface area contributed by atoms with E-state index in [1.807, 2.05) is 0 Å². The average molecular weight is 251 g/mol. The molecule has 2 rings (SSSR count). The minimum Gasteiger partial charge on any atom is -0.478 e. The quantitative estimate of drug-likeness (QED) is 0.844. The molecular weight excluding hydrogens is 230 g/mol. The van der Waals surface area contributed by atoms with Crippen LogP contribution in [0.4, 0.5) is 0 Å². The van der Waals surface area contributed by atoms with Gasteiger partial charge in [0.25, 0.3) is 0 Å². The van der Waals surface area contributed by atoms with E-state index >= 15 is 0 Å². The fraction of sp³-hybridized carbons (Fsp3) is 0.643. The fourth-order valence-corrected chi connectivity index (χ4v) is 2.72. The van der Waals surface area contributed by atoms with Crippen LogP contribution in [0.15, 0.2) is 16.7 Å². The van der Waals surface area contributed by atoms with Crippen molar-refractivity contribution < 1.29 is 14.3 Å². The third-order valence-electron chi connectivity index (χ3n) is 3.92. The summed E-state index contributed by atoms with van der Waals surface area (Å²) in [7, 11) is 0. The molecule has 0 saturated heterocycles. The molecule has 0 unspecified atom stereocenters. The maximum atomic E-state index is 10.9. The van der Waals surface area contributed by atoms with Crippen LogP contribution in [0, 0.1) is 5.92 Å². The molecule has 18 heavy (non-hydrogen) atoms. The SMILES string of the molecule is C[C@@H](NCc1occc1C(=O)O)C1CCCCC1. The first-order valence-corrected chi connectivity index (χ1v) is 6.71. The summed E-state index contributed by atoms with van der Waals surface area (Å²) in [5.41, 5.74) is 0.262. The van der Waals surface area contributed by atoms with E-state index in [1.54, 1.807) is 0 Å². The Morgan fingerprint density at radius 3 is 2.89 bits per heavy atom. The van der Waals surface area contributed by atoms with Crippen LogP contribution >= 0.6 is 0 Å². The number of nitrogens with one attached hydrogen (secondary N) is 1. The molecule has 1 saturated carbocycles. The highest BCUT2D eigenvalue weighted by molar-refractivity contribution is 5.88. The van der Waals surface area contributed by atoms with Crippen LogP contribution < -0.4 is 5.32 Å². The van der Waals surface area contributed by atoms with Gasteiger partial charge in [0.05, 0.1) is 12.8 Å². The monoisotopic (exact) mass is 251 g/mol. The number of carbonyl (C=O) groups is 1. The van der Waals surface area contributed by atoms with Gasteiger partial charge < -0.3 is 14.8 Å². The standard InChI is InChI=1S/C14H21NO3/c1-10(11-5-3-2-4-6-11)15-9-13-12(14(16)17)7-8-18-13/h7-8,10-11,15H,2-6,9H2,1H3,(H,16,17)/t10-/m1/s1. The first-order valence-electron chi connectivity index (χ1n) is 6.71. The topological polar surface area (TPSA) is 62.5 Å². The number of aromatic carboxylic acids is 1. The lowest BCUT2D eigenvalue weighted by Gasteiger charge is -2.28. The second-order valence-corrected chi connectivity index (χ2v) is 5.13. The molecule has 0 spiro atoms. The molecule has 0 aliphatic heterocycles. The Morgan fingerprint density at radius 1 is 1.50 bits per heavy atom. The van der Waals surface area contributed by atoms with Gasteiger partial charge in [-0.25, -0.2) is 4.79 Å².